The van der Waals surface area contributed by atoms with E-state index in [-0.39, 0.29) is 11.9 Å². The van der Waals surface area contributed by atoms with Crippen molar-refractivity contribution in [2.24, 2.45) is 11.7 Å². The van der Waals surface area contributed by atoms with Crippen LogP contribution in [0.1, 0.15) is 30.1 Å². The molecule has 1 aromatic carbocycles. The van der Waals surface area contributed by atoms with Crippen LogP contribution in [0.3, 0.4) is 0 Å². The second-order valence-corrected chi connectivity index (χ2v) is 5.84. The van der Waals surface area contributed by atoms with Crippen LogP contribution in [-0.2, 0) is 0 Å². The van der Waals surface area contributed by atoms with Gasteiger partial charge in [0.15, 0.2) is 11.5 Å². The summed E-state index contributed by atoms with van der Waals surface area (Å²) in [5.41, 5.74) is 6.59. The Balaban J connectivity index is 1.82. The smallest absolute Gasteiger partial charge is 0.257 e. The van der Waals surface area contributed by atoms with E-state index in [0.717, 1.165) is 25.9 Å². The summed E-state index contributed by atoms with van der Waals surface area (Å²) in [6.45, 7) is 4.54. The zero-order valence-corrected chi connectivity index (χ0v) is 12.4. The van der Waals surface area contributed by atoms with Crippen LogP contribution in [0.5, 0.6) is 11.5 Å². The Morgan fingerprint density at radius 2 is 2.19 bits per heavy atom. The molecule has 0 saturated carbocycles. The van der Waals surface area contributed by atoms with Crippen LogP contribution >= 0.6 is 0 Å². The molecular weight excluding hydrogens is 268 g/mol. The summed E-state index contributed by atoms with van der Waals surface area (Å²) in [5, 5.41) is 0. The molecule has 1 amide bonds. The van der Waals surface area contributed by atoms with Gasteiger partial charge in [-0.2, -0.15) is 0 Å². The van der Waals surface area contributed by atoms with E-state index in [2.05, 4.69) is 0 Å². The standard InChI is InChI=1S/C16H22N2O3/c1-11(17)12-4-3-7-18(10-12)16(19)13-5-2-6-14-15(13)21-9-8-20-14/h2,5-6,11-12H,3-4,7-10,17H2,1H3. The Kier molecular flexibility index (Phi) is 4.01. The molecule has 5 heteroatoms. The number of carbonyl (C=O) groups excluding carboxylic acids is 1. The molecule has 0 radical (unpaired) electrons. The van der Waals surface area contributed by atoms with Gasteiger partial charge in [-0.3, -0.25) is 4.79 Å². The molecule has 21 heavy (non-hydrogen) atoms. The van der Waals surface area contributed by atoms with Gasteiger partial charge in [0.05, 0.1) is 5.56 Å². The van der Waals surface area contributed by atoms with E-state index in [1.165, 1.54) is 0 Å². The summed E-state index contributed by atoms with van der Waals surface area (Å²) in [7, 11) is 0. The van der Waals surface area contributed by atoms with Gasteiger partial charge >= 0.3 is 0 Å². The number of para-hydroxylation sites is 1. The molecular formula is C16H22N2O3. The highest BCUT2D eigenvalue weighted by Crippen LogP contribution is 2.35. The van der Waals surface area contributed by atoms with Crippen molar-refractivity contribution in [3.8, 4) is 11.5 Å². The molecule has 1 aromatic rings. The van der Waals surface area contributed by atoms with Crippen LogP contribution in [0.2, 0.25) is 0 Å². The van der Waals surface area contributed by atoms with Gasteiger partial charge in [-0.05, 0) is 37.8 Å². The third-order valence-corrected chi connectivity index (χ3v) is 4.29. The molecule has 0 aliphatic carbocycles. The number of piperidine rings is 1. The van der Waals surface area contributed by atoms with Gasteiger partial charge in [0, 0.05) is 19.1 Å². The predicted octanol–water partition coefficient (Wildman–Crippen LogP) is 1.66. The highest BCUT2D eigenvalue weighted by Gasteiger charge is 2.29. The van der Waals surface area contributed by atoms with Crippen molar-refractivity contribution in [1.82, 2.24) is 4.90 Å². The highest BCUT2D eigenvalue weighted by atomic mass is 16.6. The lowest BCUT2D eigenvalue weighted by molar-refractivity contribution is 0.0651. The molecule has 2 atom stereocenters. The summed E-state index contributed by atoms with van der Waals surface area (Å²) in [5.74, 6) is 1.63. The van der Waals surface area contributed by atoms with Crippen molar-refractivity contribution in [3.05, 3.63) is 23.8 Å². The van der Waals surface area contributed by atoms with Crippen molar-refractivity contribution in [2.75, 3.05) is 26.3 Å². The Morgan fingerprint density at radius 3 is 3.00 bits per heavy atom. The fourth-order valence-corrected chi connectivity index (χ4v) is 3.04. The number of ether oxygens (including phenoxy) is 2. The fraction of sp³-hybridized carbons (Fsp3) is 0.562. The molecule has 2 aliphatic heterocycles. The number of likely N-dealkylation sites (tertiary alicyclic amines) is 1. The second-order valence-electron chi connectivity index (χ2n) is 5.84. The molecule has 2 aliphatic rings. The van der Waals surface area contributed by atoms with E-state index in [1.807, 2.05) is 30.0 Å². The van der Waals surface area contributed by atoms with E-state index in [9.17, 15) is 4.79 Å². The molecule has 5 nitrogen and oxygen atoms in total. The Labute approximate surface area is 125 Å². The predicted molar refractivity (Wildman–Crippen MR) is 79.7 cm³/mol. The molecule has 3 rings (SSSR count). The summed E-state index contributed by atoms with van der Waals surface area (Å²) in [6.07, 6.45) is 2.10. The first-order valence-corrected chi connectivity index (χ1v) is 7.60. The van der Waals surface area contributed by atoms with Crippen molar-refractivity contribution in [2.45, 2.75) is 25.8 Å². The van der Waals surface area contributed by atoms with Crippen LogP contribution in [-0.4, -0.2) is 43.2 Å². The molecule has 2 heterocycles. The quantitative estimate of drug-likeness (QED) is 0.899. The van der Waals surface area contributed by atoms with E-state index in [0.29, 0.717) is 36.2 Å². The number of hydrogen-bond donors (Lipinski definition) is 1. The molecule has 2 N–H and O–H groups in total. The second kappa shape index (κ2) is 5.93. The van der Waals surface area contributed by atoms with E-state index in [4.69, 9.17) is 15.2 Å². The number of fused-ring (bicyclic) bond motifs is 1. The van der Waals surface area contributed by atoms with Gasteiger partial charge in [-0.25, -0.2) is 0 Å². The van der Waals surface area contributed by atoms with Gasteiger partial charge in [-0.1, -0.05) is 6.07 Å². The Hall–Kier alpha value is -1.75. The average molecular weight is 290 g/mol. The first-order chi connectivity index (χ1) is 10.2. The maximum Gasteiger partial charge on any atom is 0.257 e. The van der Waals surface area contributed by atoms with Crippen LogP contribution in [0.25, 0.3) is 0 Å². The van der Waals surface area contributed by atoms with E-state index >= 15 is 0 Å². The van der Waals surface area contributed by atoms with Gasteiger partial charge in [-0.15, -0.1) is 0 Å². The lowest BCUT2D eigenvalue weighted by atomic mass is 9.92. The Bertz CT molecular complexity index is 530. The maximum absolute atomic E-state index is 12.8. The monoisotopic (exact) mass is 290 g/mol. The number of carbonyl (C=O) groups is 1. The number of benzene rings is 1. The molecule has 0 bridgehead atoms. The van der Waals surface area contributed by atoms with E-state index in [1.54, 1.807) is 0 Å². The third-order valence-electron chi connectivity index (χ3n) is 4.29. The minimum Gasteiger partial charge on any atom is -0.486 e. The minimum absolute atomic E-state index is 0.0164. The van der Waals surface area contributed by atoms with Crippen LogP contribution < -0.4 is 15.2 Å². The largest absolute Gasteiger partial charge is 0.486 e. The first kappa shape index (κ1) is 14.2. The third kappa shape index (κ3) is 2.83. The Morgan fingerprint density at radius 1 is 1.38 bits per heavy atom. The topological polar surface area (TPSA) is 64.8 Å². The summed E-state index contributed by atoms with van der Waals surface area (Å²) >= 11 is 0. The highest BCUT2D eigenvalue weighted by molar-refractivity contribution is 5.98. The molecule has 114 valence electrons. The zero-order chi connectivity index (χ0) is 14.8. The normalized spacial score (nSPS) is 22.8. The number of nitrogens with two attached hydrogens (primary N) is 1. The fourth-order valence-electron chi connectivity index (χ4n) is 3.04. The lowest BCUT2D eigenvalue weighted by Gasteiger charge is -2.35. The van der Waals surface area contributed by atoms with Crippen LogP contribution in [0.4, 0.5) is 0 Å². The van der Waals surface area contributed by atoms with Gasteiger partial charge < -0.3 is 20.1 Å². The zero-order valence-electron chi connectivity index (χ0n) is 12.4. The number of rotatable bonds is 2. The lowest BCUT2D eigenvalue weighted by Crippen LogP contribution is -2.45. The molecule has 2 unspecified atom stereocenters. The van der Waals surface area contributed by atoms with Gasteiger partial charge in [0.1, 0.15) is 13.2 Å². The van der Waals surface area contributed by atoms with Crippen molar-refractivity contribution in [3.63, 3.8) is 0 Å². The van der Waals surface area contributed by atoms with Gasteiger partial charge in [0.2, 0.25) is 0 Å². The molecule has 1 fully saturated rings. The van der Waals surface area contributed by atoms with Crippen LogP contribution in [0.15, 0.2) is 18.2 Å². The number of amides is 1. The SMILES string of the molecule is CC(N)C1CCCN(C(=O)c2cccc3c2OCCO3)C1. The van der Waals surface area contributed by atoms with Crippen LogP contribution in [0, 0.1) is 5.92 Å². The molecule has 0 spiro atoms. The average Bonchev–Trinajstić information content (AvgIpc) is 2.53. The first-order valence-electron chi connectivity index (χ1n) is 7.60. The van der Waals surface area contributed by atoms with Crippen molar-refractivity contribution in [1.29, 1.82) is 0 Å². The number of nitrogens with zero attached hydrogens (tertiary/aromatic N) is 1. The van der Waals surface area contributed by atoms with Crippen molar-refractivity contribution >= 4 is 5.91 Å². The van der Waals surface area contributed by atoms with E-state index < -0.39 is 0 Å². The molecule has 1 saturated heterocycles. The van der Waals surface area contributed by atoms with Gasteiger partial charge in [0.25, 0.3) is 5.91 Å². The summed E-state index contributed by atoms with van der Waals surface area (Å²) in [4.78, 5) is 14.7. The number of hydrogen-bond acceptors (Lipinski definition) is 4. The molecule has 0 aromatic heterocycles. The summed E-state index contributed by atoms with van der Waals surface area (Å²) < 4.78 is 11.2. The minimum atomic E-state index is 0.0164. The summed E-state index contributed by atoms with van der Waals surface area (Å²) in [6, 6.07) is 5.61. The maximum atomic E-state index is 12.8. The van der Waals surface area contributed by atoms with Crippen molar-refractivity contribution < 1.29 is 14.3 Å².